The molecule has 0 radical (unpaired) electrons. The van der Waals surface area contributed by atoms with E-state index < -0.39 is 0 Å². The van der Waals surface area contributed by atoms with Crippen LogP contribution in [-0.2, 0) is 4.79 Å². The minimum Gasteiger partial charge on any atom is -0.325 e. The van der Waals surface area contributed by atoms with Crippen molar-refractivity contribution in [3.8, 4) is 0 Å². The average Bonchev–Trinajstić information content (AvgIpc) is 2.86. The molecule has 1 saturated heterocycles. The highest BCUT2D eigenvalue weighted by Gasteiger charge is 2.16. The summed E-state index contributed by atoms with van der Waals surface area (Å²) in [7, 11) is 0. The molecule has 1 aliphatic heterocycles. The molecule has 1 aliphatic rings. The predicted molar refractivity (Wildman–Crippen MR) is 75.3 cm³/mol. The second-order valence-corrected chi connectivity index (χ2v) is 5.33. The molecule has 5 heteroatoms. The summed E-state index contributed by atoms with van der Waals surface area (Å²) in [5.41, 5.74) is 0.582. The Morgan fingerprint density at radius 2 is 2.28 bits per heavy atom. The Morgan fingerprint density at radius 1 is 1.44 bits per heavy atom. The predicted octanol–water partition coefficient (Wildman–Crippen LogP) is 3.32. The minimum absolute atomic E-state index is 0.00827. The van der Waals surface area contributed by atoms with Crippen molar-refractivity contribution in [2.75, 3.05) is 18.4 Å². The van der Waals surface area contributed by atoms with Gasteiger partial charge < -0.3 is 10.6 Å². The van der Waals surface area contributed by atoms with Gasteiger partial charge in [-0.3, -0.25) is 4.79 Å². The highest BCUT2D eigenvalue weighted by atomic mass is 35.5. The van der Waals surface area contributed by atoms with E-state index in [0.717, 1.165) is 25.9 Å². The summed E-state index contributed by atoms with van der Waals surface area (Å²) in [6, 6.07) is 5.22. The van der Waals surface area contributed by atoms with Gasteiger partial charge >= 0.3 is 0 Å². The van der Waals surface area contributed by atoms with Gasteiger partial charge in [0.15, 0.2) is 0 Å². The molecule has 18 heavy (non-hydrogen) atoms. The van der Waals surface area contributed by atoms with E-state index in [4.69, 9.17) is 23.2 Å². The highest BCUT2D eigenvalue weighted by Crippen LogP contribution is 2.29. The molecule has 0 aromatic heterocycles. The fourth-order valence-corrected chi connectivity index (χ4v) is 2.46. The Bertz CT molecular complexity index is 431. The molecule has 0 aliphatic carbocycles. The molecule has 1 aromatic rings. The maximum atomic E-state index is 11.8. The summed E-state index contributed by atoms with van der Waals surface area (Å²) < 4.78 is 0. The van der Waals surface area contributed by atoms with Crippen LogP contribution in [0.25, 0.3) is 0 Å². The molecular weight excluding hydrogens is 271 g/mol. The van der Waals surface area contributed by atoms with Gasteiger partial charge in [0.2, 0.25) is 5.91 Å². The van der Waals surface area contributed by atoms with Crippen LogP contribution in [0.2, 0.25) is 10.0 Å². The number of carbonyl (C=O) groups is 1. The van der Waals surface area contributed by atoms with Crippen molar-refractivity contribution in [3.05, 3.63) is 28.2 Å². The van der Waals surface area contributed by atoms with E-state index in [1.165, 1.54) is 0 Å². The molecule has 0 bridgehead atoms. The van der Waals surface area contributed by atoms with Crippen molar-refractivity contribution in [2.45, 2.75) is 19.3 Å². The molecule has 1 heterocycles. The Hall–Kier alpha value is -0.770. The summed E-state index contributed by atoms with van der Waals surface area (Å²) in [6.45, 7) is 2.08. The third-order valence-corrected chi connectivity index (χ3v) is 3.99. The zero-order valence-corrected chi connectivity index (χ0v) is 11.5. The summed E-state index contributed by atoms with van der Waals surface area (Å²) in [5, 5.41) is 6.94. The van der Waals surface area contributed by atoms with Gasteiger partial charge in [0.05, 0.1) is 15.7 Å². The summed E-state index contributed by atoms with van der Waals surface area (Å²) >= 11 is 11.9. The van der Waals surface area contributed by atoms with E-state index in [1.807, 2.05) is 0 Å². The lowest BCUT2D eigenvalue weighted by atomic mass is 10.0. The van der Waals surface area contributed by atoms with Crippen molar-refractivity contribution in [1.29, 1.82) is 0 Å². The van der Waals surface area contributed by atoms with Crippen LogP contribution in [0.3, 0.4) is 0 Å². The highest BCUT2D eigenvalue weighted by molar-refractivity contribution is 6.43. The molecular formula is C13H16Cl2N2O. The van der Waals surface area contributed by atoms with Crippen molar-refractivity contribution in [1.82, 2.24) is 5.32 Å². The average molecular weight is 287 g/mol. The van der Waals surface area contributed by atoms with Crippen LogP contribution in [0.15, 0.2) is 18.2 Å². The molecule has 1 amide bonds. The van der Waals surface area contributed by atoms with E-state index in [0.29, 0.717) is 28.1 Å². The topological polar surface area (TPSA) is 41.1 Å². The smallest absolute Gasteiger partial charge is 0.224 e. The lowest BCUT2D eigenvalue weighted by molar-refractivity contribution is -0.116. The molecule has 3 nitrogen and oxygen atoms in total. The monoisotopic (exact) mass is 286 g/mol. The molecule has 98 valence electrons. The van der Waals surface area contributed by atoms with Gasteiger partial charge in [-0.1, -0.05) is 29.3 Å². The fourth-order valence-electron chi connectivity index (χ4n) is 2.11. The van der Waals surface area contributed by atoms with Gasteiger partial charge in [-0.25, -0.2) is 0 Å². The number of carbonyl (C=O) groups excluding carboxylic acids is 1. The standard InChI is InChI=1S/C13H16Cl2N2O/c14-10-2-1-3-11(13(10)15)17-12(18)5-4-9-6-7-16-8-9/h1-3,9,16H,4-8H2,(H,17,18). The van der Waals surface area contributed by atoms with Crippen molar-refractivity contribution in [3.63, 3.8) is 0 Å². The molecule has 1 fully saturated rings. The van der Waals surface area contributed by atoms with E-state index in [-0.39, 0.29) is 5.91 Å². The number of halogens is 2. The van der Waals surface area contributed by atoms with Gasteiger partial charge in [0, 0.05) is 6.42 Å². The quantitative estimate of drug-likeness (QED) is 0.892. The Labute approximate surface area is 117 Å². The van der Waals surface area contributed by atoms with Crippen LogP contribution in [0.1, 0.15) is 19.3 Å². The summed E-state index contributed by atoms with van der Waals surface area (Å²) in [5.74, 6) is 0.608. The number of amides is 1. The Morgan fingerprint density at radius 3 is 3.00 bits per heavy atom. The molecule has 2 rings (SSSR count). The first-order valence-electron chi connectivity index (χ1n) is 6.11. The minimum atomic E-state index is -0.00827. The molecule has 1 atom stereocenters. The Balaban J connectivity index is 1.84. The zero-order valence-electron chi connectivity index (χ0n) is 10.0. The first kappa shape index (κ1) is 13.7. The van der Waals surface area contributed by atoms with Crippen LogP contribution < -0.4 is 10.6 Å². The number of benzene rings is 1. The van der Waals surface area contributed by atoms with Crippen molar-refractivity contribution in [2.24, 2.45) is 5.92 Å². The molecule has 1 unspecified atom stereocenters. The van der Waals surface area contributed by atoms with Crippen LogP contribution in [0, 0.1) is 5.92 Å². The number of anilines is 1. The van der Waals surface area contributed by atoms with E-state index in [2.05, 4.69) is 10.6 Å². The second kappa shape index (κ2) is 6.41. The third-order valence-electron chi connectivity index (χ3n) is 3.17. The van der Waals surface area contributed by atoms with Crippen molar-refractivity contribution >= 4 is 34.8 Å². The van der Waals surface area contributed by atoms with E-state index in [9.17, 15) is 4.79 Å². The van der Waals surface area contributed by atoms with E-state index in [1.54, 1.807) is 18.2 Å². The van der Waals surface area contributed by atoms with Gasteiger partial charge in [0.25, 0.3) is 0 Å². The summed E-state index contributed by atoms with van der Waals surface area (Å²) in [4.78, 5) is 11.8. The maximum absolute atomic E-state index is 11.8. The maximum Gasteiger partial charge on any atom is 0.224 e. The first-order valence-corrected chi connectivity index (χ1v) is 6.87. The van der Waals surface area contributed by atoms with Crippen LogP contribution in [-0.4, -0.2) is 19.0 Å². The second-order valence-electron chi connectivity index (χ2n) is 4.55. The molecule has 2 N–H and O–H groups in total. The summed E-state index contributed by atoms with van der Waals surface area (Å²) in [6.07, 6.45) is 2.59. The van der Waals surface area contributed by atoms with Crippen LogP contribution in [0.5, 0.6) is 0 Å². The van der Waals surface area contributed by atoms with E-state index >= 15 is 0 Å². The Kier molecular flexibility index (Phi) is 4.87. The SMILES string of the molecule is O=C(CCC1CCNC1)Nc1cccc(Cl)c1Cl. The third kappa shape index (κ3) is 3.61. The molecule has 0 saturated carbocycles. The lowest BCUT2D eigenvalue weighted by Crippen LogP contribution is -2.15. The normalized spacial score (nSPS) is 18.9. The number of rotatable bonds is 4. The van der Waals surface area contributed by atoms with Crippen LogP contribution >= 0.6 is 23.2 Å². The van der Waals surface area contributed by atoms with Crippen LogP contribution in [0.4, 0.5) is 5.69 Å². The zero-order chi connectivity index (χ0) is 13.0. The van der Waals surface area contributed by atoms with Gasteiger partial charge in [-0.15, -0.1) is 0 Å². The fraction of sp³-hybridized carbons (Fsp3) is 0.462. The first-order chi connectivity index (χ1) is 8.66. The number of nitrogens with one attached hydrogen (secondary N) is 2. The largest absolute Gasteiger partial charge is 0.325 e. The van der Waals surface area contributed by atoms with Crippen molar-refractivity contribution < 1.29 is 4.79 Å². The number of hydrogen-bond acceptors (Lipinski definition) is 2. The van der Waals surface area contributed by atoms with Gasteiger partial charge in [0.1, 0.15) is 0 Å². The number of hydrogen-bond donors (Lipinski definition) is 2. The molecule has 1 aromatic carbocycles. The molecule has 0 spiro atoms. The van der Waals surface area contributed by atoms with Gasteiger partial charge in [-0.05, 0) is 44.0 Å². The van der Waals surface area contributed by atoms with Gasteiger partial charge in [-0.2, -0.15) is 0 Å². The lowest BCUT2D eigenvalue weighted by Gasteiger charge is -2.10.